The molecule has 0 aromatic rings. The van der Waals surface area contributed by atoms with Gasteiger partial charge in [0.1, 0.15) is 0 Å². The second-order valence-electron chi connectivity index (χ2n) is 3.70. The Morgan fingerprint density at radius 1 is 1.22 bits per heavy atom. The summed E-state index contributed by atoms with van der Waals surface area (Å²) >= 11 is 1.17. The third-order valence-electron chi connectivity index (χ3n) is 2.20. The van der Waals surface area contributed by atoms with Gasteiger partial charge < -0.3 is 4.74 Å². The molecule has 0 heterocycles. The first-order valence-corrected chi connectivity index (χ1v) is 6.30. The fourth-order valence-corrected chi connectivity index (χ4v) is 2.04. The molecular formula is C10H15F5O2S. The second kappa shape index (κ2) is 7.16. The molecule has 2 nitrogen and oxygen atoms in total. The Labute approximate surface area is 106 Å². The molecule has 0 bridgehead atoms. The minimum Gasteiger partial charge on any atom is -0.468 e. The molecular weight excluding hydrogens is 279 g/mol. The number of thioether (sulfide) groups is 1. The average Bonchev–Trinajstić information content (AvgIpc) is 2.25. The summed E-state index contributed by atoms with van der Waals surface area (Å²) in [5, 5.41) is -0.446. The number of carbonyl (C=O) groups excluding carboxylic acids is 1. The number of ether oxygens (including phenoxy) is 1. The molecule has 108 valence electrons. The van der Waals surface area contributed by atoms with Crippen LogP contribution < -0.4 is 0 Å². The molecule has 8 heteroatoms. The van der Waals surface area contributed by atoms with E-state index in [4.69, 9.17) is 0 Å². The van der Waals surface area contributed by atoms with Gasteiger partial charge in [0.25, 0.3) is 0 Å². The van der Waals surface area contributed by atoms with E-state index in [1.807, 2.05) is 0 Å². The minimum atomic E-state index is -5.49. The highest BCUT2D eigenvalue weighted by atomic mass is 32.2. The van der Waals surface area contributed by atoms with Crippen molar-refractivity contribution in [2.45, 2.75) is 43.5 Å². The first-order valence-electron chi connectivity index (χ1n) is 5.26. The number of esters is 1. The molecule has 0 aliphatic rings. The third kappa shape index (κ3) is 5.88. The van der Waals surface area contributed by atoms with Gasteiger partial charge in [-0.15, -0.1) is 11.8 Å². The molecule has 1 atom stereocenters. The number of alkyl halides is 5. The molecule has 0 fully saturated rings. The van der Waals surface area contributed by atoms with Gasteiger partial charge in [0.15, 0.2) is 0 Å². The van der Waals surface area contributed by atoms with E-state index in [9.17, 15) is 26.7 Å². The number of hydrogen-bond acceptors (Lipinski definition) is 3. The number of rotatable bonds is 7. The number of carbonyl (C=O) groups is 1. The highest BCUT2D eigenvalue weighted by Crippen LogP contribution is 2.39. The van der Waals surface area contributed by atoms with Crippen molar-refractivity contribution in [2.24, 2.45) is 0 Å². The van der Waals surface area contributed by atoms with Gasteiger partial charge in [0.05, 0.1) is 12.4 Å². The molecule has 0 spiro atoms. The maximum atomic E-state index is 12.5. The van der Waals surface area contributed by atoms with Crippen LogP contribution in [0.1, 0.15) is 26.2 Å². The zero-order valence-electron chi connectivity index (χ0n) is 10.0. The van der Waals surface area contributed by atoms with Crippen molar-refractivity contribution in [1.82, 2.24) is 0 Å². The summed E-state index contributed by atoms with van der Waals surface area (Å²) in [5.41, 5.74) is 0. The van der Waals surface area contributed by atoms with E-state index in [1.165, 1.54) is 18.9 Å². The molecule has 0 aliphatic carbocycles. The van der Waals surface area contributed by atoms with Crippen molar-refractivity contribution in [3.8, 4) is 0 Å². The lowest BCUT2D eigenvalue weighted by atomic mass is 10.1. The van der Waals surface area contributed by atoms with Crippen molar-refractivity contribution in [3.05, 3.63) is 0 Å². The van der Waals surface area contributed by atoms with E-state index in [-0.39, 0.29) is 12.8 Å². The normalized spacial score (nSPS) is 14.4. The molecule has 0 saturated heterocycles. The standard InChI is InChI=1S/C10H15F5O2S/c1-7(8(16)17-2)18-6-4-3-5-9(11,12)10(13,14)15/h7H,3-6H2,1-2H3. The molecule has 1 unspecified atom stereocenters. The SMILES string of the molecule is COC(=O)C(C)SCCCCC(F)(F)C(F)(F)F. The lowest BCUT2D eigenvalue weighted by molar-refractivity contribution is -0.284. The van der Waals surface area contributed by atoms with Crippen molar-refractivity contribution in [1.29, 1.82) is 0 Å². The van der Waals surface area contributed by atoms with Crippen LogP contribution in [0.2, 0.25) is 0 Å². The van der Waals surface area contributed by atoms with Gasteiger partial charge >= 0.3 is 18.1 Å². The van der Waals surface area contributed by atoms with Crippen LogP contribution in [-0.2, 0) is 9.53 Å². The fourth-order valence-electron chi connectivity index (χ4n) is 1.08. The van der Waals surface area contributed by atoms with Crippen LogP contribution in [0.3, 0.4) is 0 Å². The Kier molecular flexibility index (Phi) is 6.94. The van der Waals surface area contributed by atoms with Crippen LogP contribution >= 0.6 is 11.8 Å². The van der Waals surface area contributed by atoms with Gasteiger partial charge in [-0.1, -0.05) is 0 Å². The zero-order valence-corrected chi connectivity index (χ0v) is 10.8. The van der Waals surface area contributed by atoms with Crippen LogP contribution in [0.25, 0.3) is 0 Å². The number of halogens is 5. The van der Waals surface area contributed by atoms with Gasteiger partial charge in [-0.25, -0.2) is 0 Å². The zero-order chi connectivity index (χ0) is 14.4. The summed E-state index contributed by atoms with van der Waals surface area (Å²) in [7, 11) is 1.23. The largest absolute Gasteiger partial charge is 0.468 e. The average molecular weight is 294 g/mol. The van der Waals surface area contributed by atoms with Crippen molar-refractivity contribution in [2.75, 3.05) is 12.9 Å². The van der Waals surface area contributed by atoms with E-state index < -0.39 is 29.7 Å². The van der Waals surface area contributed by atoms with Crippen molar-refractivity contribution < 1.29 is 31.5 Å². The molecule has 18 heavy (non-hydrogen) atoms. The van der Waals surface area contributed by atoms with Gasteiger partial charge in [-0.3, -0.25) is 4.79 Å². The predicted octanol–water partition coefficient (Wildman–Crippen LogP) is 3.65. The van der Waals surface area contributed by atoms with Crippen molar-refractivity contribution >= 4 is 17.7 Å². The van der Waals surface area contributed by atoms with Crippen LogP contribution in [0.4, 0.5) is 22.0 Å². The summed E-state index contributed by atoms with van der Waals surface area (Å²) < 4.78 is 64.8. The summed E-state index contributed by atoms with van der Waals surface area (Å²) in [4.78, 5) is 11.0. The molecule has 0 aromatic heterocycles. The second-order valence-corrected chi connectivity index (χ2v) is 5.14. The smallest absolute Gasteiger partial charge is 0.453 e. The lowest BCUT2D eigenvalue weighted by Crippen LogP contribution is -2.36. The predicted molar refractivity (Wildman–Crippen MR) is 58.8 cm³/mol. The molecule has 0 N–H and O–H groups in total. The van der Waals surface area contributed by atoms with E-state index >= 15 is 0 Å². The van der Waals surface area contributed by atoms with Crippen molar-refractivity contribution in [3.63, 3.8) is 0 Å². The Hall–Kier alpha value is -0.530. The van der Waals surface area contributed by atoms with Gasteiger partial charge in [0.2, 0.25) is 0 Å². The van der Waals surface area contributed by atoms with Crippen LogP contribution in [-0.4, -0.2) is 36.2 Å². The molecule has 0 rings (SSSR count). The number of methoxy groups -OCH3 is 1. The Morgan fingerprint density at radius 3 is 2.22 bits per heavy atom. The molecule has 0 saturated carbocycles. The van der Waals surface area contributed by atoms with E-state index in [1.54, 1.807) is 6.92 Å². The number of hydrogen-bond donors (Lipinski definition) is 0. The topological polar surface area (TPSA) is 26.3 Å². The van der Waals surface area contributed by atoms with Gasteiger partial charge in [0, 0.05) is 6.42 Å². The Balaban J connectivity index is 3.79. The highest BCUT2D eigenvalue weighted by Gasteiger charge is 2.56. The fraction of sp³-hybridized carbons (Fsp3) is 0.900. The first-order chi connectivity index (χ1) is 8.12. The van der Waals surface area contributed by atoms with Crippen LogP contribution in [0.5, 0.6) is 0 Å². The Morgan fingerprint density at radius 2 is 1.78 bits per heavy atom. The van der Waals surface area contributed by atoms with E-state index in [2.05, 4.69) is 4.74 Å². The lowest BCUT2D eigenvalue weighted by Gasteiger charge is -2.19. The summed E-state index contributed by atoms with van der Waals surface area (Å²) in [5.74, 6) is -4.74. The number of unbranched alkanes of at least 4 members (excludes halogenated alkanes) is 1. The minimum absolute atomic E-state index is 0.192. The van der Waals surface area contributed by atoms with E-state index in [0.29, 0.717) is 5.75 Å². The van der Waals surface area contributed by atoms with Crippen LogP contribution in [0, 0.1) is 0 Å². The van der Waals surface area contributed by atoms with Gasteiger partial charge in [-0.2, -0.15) is 22.0 Å². The molecule has 0 amide bonds. The third-order valence-corrected chi connectivity index (χ3v) is 3.42. The molecule has 0 aromatic carbocycles. The highest BCUT2D eigenvalue weighted by molar-refractivity contribution is 8.00. The quantitative estimate of drug-likeness (QED) is 0.407. The summed E-state index contributed by atoms with van der Waals surface area (Å²) in [6.45, 7) is 1.58. The molecule has 0 radical (unpaired) electrons. The van der Waals surface area contributed by atoms with Gasteiger partial charge in [-0.05, 0) is 25.5 Å². The molecule has 0 aliphatic heterocycles. The maximum Gasteiger partial charge on any atom is 0.453 e. The summed E-state index contributed by atoms with van der Waals surface area (Å²) in [6.07, 6.45) is -6.76. The first kappa shape index (κ1) is 17.5. The monoisotopic (exact) mass is 294 g/mol. The summed E-state index contributed by atoms with van der Waals surface area (Å²) in [6, 6.07) is 0. The Bertz CT molecular complexity index is 267. The maximum absolute atomic E-state index is 12.5. The van der Waals surface area contributed by atoms with E-state index in [0.717, 1.165) is 0 Å². The van der Waals surface area contributed by atoms with Crippen LogP contribution in [0.15, 0.2) is 0 Å².